The van der Waals surface area contributed by atoms with Gasteiger partial charge in [-0.25, -0.2) is 0 Å². The second-order valence-corrected chi connectivity index (χ2v) is 5.79. The van der Waals surface area contributed by atoms with Crippen LogP contribution in [0.1, 0.15) is 34.7 Å². The van der Waals surface area contributed by atoms with Gasteiger partial charge in [0.15, 0.2) is 0 Å². The maximum Gasteiger partial charge on any atom is 0.0440 e. The molecule has 19 heavy (non-hydrogen) atoms. The molecule has 98 valence electrons. The van der Waals surface area contributed by atoms with Gasteiger partial charge in [0, 0.05) is 5.02 Å². The van der Waals surface area contributed by atoms with E-state index in [0.717, 1.165) is 37.1 Å². The van der Waals surface area contributed by atoms with E-state index in [4.69, 9.17) is 11.6 Å². The average molecular weight is 271 g/mol. The number of rotatable bonds is 1. The number of aryl methyl sites for hydroxylation is 5. The molecule has 0 heterocycles. The molecule has 0 aliphatic heterocycles. The molecule has 6 rings (SSSR count). The Kier molecular flexibility index (Phi) is 3.61. The molecule has 0 atom stereocenters. The maximum atomic E-state index is 6.37. The van der Waals surface area contributed by atoms with Crippen LogP contribution in [0.15, 0.2) is 36.4 Å². The molecule has 0 unspecified atom stereocenters. The van der Waals surface area contributed by atoms with Gasteiger partial charge in [-0.15, -0.1) is 0 Å². The smallest absolute Gasteiger partial charge is 0.0440 e. The highest BCUT2D eigenvalue weighted by Gasteiger charge is 2.08. The molecule has 0 aromatic heterocycles. The van der Waals surface area contributed by atoms with E-state index < -0.39 is 0 Å². The number of halogens is 1. The molecule has 0 spiro atoms. The first-order chi connectivity index (χ1) is 9.26. The third kappa shape index (κ3) is 2.69. The first-order valence-electron chi connectivity index (χ1n) is 7.14. The van der Waals surface area contributed by atoms with Gasteiger partial charge in [-0.1, -0.05) is 48.9 Å². The van der Waals surface area contributed by atoms with Gasteiger partial charge in [-0.3, -0.25) is 0 Å². The Morgan fingerprint density at radius 3 is 2.16 bits per heavy atom. The van der Waals surface area contributed by atoms with Crippen LogP contribution in [0.4, 0.5) is 0 Å². The minimum atomic E-state index is 0.934. The molecule has 2 aromatic rings. The van der Waals surface area contributed by atoms with Crippen LogP contribution in [-0.4, -0.2) is 0 Å². The van der Waals surface area contributed by atoms with Gasteiger partial charge >= 0.3 is 0 Å². The molecule has 4 aliphatic carbocycles. The molecule has 4 aliphatic rings. The monoisotopic (exact) mass is 270 g/mol. The SMILES string of the molecule is CCc1cc2ccc1CCc1ccc(c(Cl)c1)CC2. The Hall–Kier alpha value is -1.27. The zero-order chi connectivity index (χ0) is 13.2. The van der Waals surface area contributed by atoms with Crippen LogP contribution in [0.3, 0.4) is 0 Å². The summed E-state index contributed by atoms with van der Waals surface area (Å²) in [5.41, 5.74) is 7.06. The van der Waals surface area contributed by atoms with Gasteiger partial charge in [0.2, 0.25) is 0 Å². The molecule has 0 radical (unpaired) electrons. The molecular formula is C18H19Cl. The van der Waals surface area contributed by atoms with Crippen LogP contribution in [0.5, 0.6) is 0 Å². The van der Waals surface area contributed by atoms with Crippen LogP contribution in [0.2, 0.25) is 5.02 Å². The fourth-order valence-electron chi connectivity index (χ4n) is 2.91. The van der Waals surface area contributed by atoms with Crippen LogP contribution in [0, 0.1) is 0 Å². The van der Waals surface area contributed by atoms with E-state index in [-0.39, 0.29) is 0 Å². The predicted molar refractivity (Wildman–Crippen MR) is 82.1 cm³/mol. The number of hydrogen-bond acceptors (Lipinski definition) is 0. The van der Waals surface area contributed by atoms with Crippen molar-refractivity contribution in [2.75, 3.05) is 0 Å². The summed E-state index contributed by atoms with van der Waals surface area (Å²) in [7, 11) is 0. The van der Waals surface area contributed by atoms with Gasteiger partial charge in [-0.05, 0) is 66.0 Å². The quantitative estimate of drug-likeness (QED) is 0.699. The Morgan fingerprint density at radius 1 is 0.842 bits per heavy atom. The van der Waals surface area contributed by atoms with Crippen LogP contribution >= 0.6 is 11.6 Å². The first kappa shape index (κ1) is 12.7. The number of hydrogen-bond donors (Lipinski definition) is 0. The predicted octanol–water partition coefficient (Wildman–Crippen LogP) is 4.79. The molecule has 0 amide bonds. The lowest BCUT2D eigenvalue weighted by atomic mass is 9.92. The lowest BCUT2D eigenvalue weighted by molar-refractivity contribution is 0.899. The zero-order valence-corrected chi connectivity index (χ0v) is 12.1. The highest BCUT2D eigenvalue weighted by molar-refractivity contribution is 6.31. The van der Waals surface area contributed by atoms with Crippen molar-refractivity contribution in [3.8, 4) is 0 Å². The van der Waals surface area contributed by atoms with Crippen molar-refractivity contribution in [3.05, 3.63) is 69.2 Å². The minimum Gasteiger partial charge on any atom is -0.0840 e. The van der Waals surface area contributed by atoms with Crippen molar-refractivity contribution in [1.29, 1.82) is 0 Å². The molecule has 0 saturated carbocycles. The Morgan fingerprint density at radius 2 is 1.47 bits per heavy atom. The third-order valence-electron chi connectivity index (χ3n) is 4.14. The van der Waals surface area contributed by atoms with E-state index in [1.807, 2.05) is 0 Å². The second kappa shape index (κ2) is 5.38. The van der Waals surface area contributed by atoms with Crippen molar-refractivity contribution in [3.63, 3.8) is 0 Å². The summed E-state index contributed by atoms with van der Waals surface area (Å²) < 4.78 is 0. The van der Waals surface area contributed by atoms with Gasteiger partial charge in [0.1, 0.15) is 0 Å². The highest BCUT2D eigenvalue weighted by Crippen LogP contribution is 2.24. The Balaban J connectivity index is 2.02. The topological polar surface area (TPSA) is 0 Å². The summed E-state index contributed by atoms with van der Waals surface area (Å²) >= 11 is 6.37. The fourth-order valence-corrected chi connectivity index (χ4v) is 3.21. The maximum absolute atomic E-state index is 6.37. The summed E-state index contributed by atoms with van der Waals surface area (Å²) in [5.74, 6) is 0. The lowest BCUT2D eigenvalue weighted by Gasteiger charge is -2.14. The molecule has 0 nitrogen and oxygen atoms in total. The molecule has 0 N–H and O–H groups in total. The molecule has 4 bridgehead atoms. The summed E-state index contributed by atoms with van der Waals surface area (Å²) in [5, 5.41) is 0.934. The highest BCUT2D eigenvalue weighted by atomic mass is 35.5. The van der Waals surface area contributed by atoms with Crippen molar-refractivity contribution < 1.29 is 0 Å². The van der Waals surface area contributed by atoms with E-state index in [1.54, 1.807) is 0 Å². The van der Waals surface area contributed by atoms with E-state index >= 15 is 0 Å². The molecule has 2 aromatic carbocycles. The van der Waals surface area contributed by atoms with Crippen molar-refractivity contribution >= 4 is 11.6 Å². The fraction of sp³-hybridized carbons (Fsp3) is 0.333. The second-order valence-electron chi connectivity index (χ2n) is 5.38. The zero-order valence-electron chi connectivity index (χ0n) is 11.4. The Bertz CT molecular complexity index is 599. The standard InChI is InChI=1S/C18H19Cl/c1-2-15-11-13-3-7-16(15)8-4-14-6-10-17(9-5-13)18(19)12-14/h3,6-7,10-12H,2,4-5,8-9H2,1H3. The molecule has 0 saturated heterocycles. The summed E-state index contributed by atoms with van der Waals surface area (Å²) in [4.78, 5) is 0. The van der Waals surface area contributed by atoms with Crippen molar-refractivity contribution in [2.45, 2.75) is 39.0 Å². The largest absolute Gasteiger partial charge is 0.0840 e. The van der Waals surface area contributed by atoms with E-state index in [0.29, 0.717) is 0 Å². The summed E-state index contributed by atoms with van der Waals surface area (Å²) in [6.45, 7) is 2.25. The van der Waals surface area contributed by atoms with Crippen molar-refractivity contribution in [2.24, 2.45) is 0 Å². The van der Waals surface area contributed by atoms with Gasteiger partial charge in [0.05, 0.1) is 0 Å². The summed E-state index contributed by atoms with van der Waals surface area (Å²) in [6.07, 6.45) is 5.42. The van der Waals surface area contributed by atoms with Gasteiger partial charge < -0.3 is 0 Å². The molecule has 1 heteroatoms. The third-order valence-corrected chi connectivity index (χ3v) is 4.49. The van der Waals surface area contributed by atoms with E-state index in [9.17, 15) is 0 Å². The summed E-state index contributed by atoms with van der Waals surface area (Å²) in [6, 6.07) is 13.6. The van der Waals surface area contributed by atoms with E-state index in [2.05, 4.69) is 43.3 Å². The minimum absolute atomic E-state index is 0.934. The molecular weight excluding hydrogens is 252 g/mol. The first-order valence-corrected chi connectivity index (χ1v) is 7.52. The van der Waals surface area contributed by atoms with Crippen LogP contribution < -0.4 is 0 Å². The van der Waals surface area contributed by atoms with Gasteiger partial charge in [0.25, 0.3) is 0 Å². The van der Waals surface area contributed by atoms with Crippen LogP contribution in [-0.2, 0) is 32.1 Å². The Labute approximate surface area is 120 Å². The van der Waals surface area contributed by atoms with Crippen LogP contribution in [0.25, 0.3) is 0 Å². The normalized spacial score (nSPS) is 14.2. The van der Waals surface area contributed by atoms with Crippen molar-refractivity contribution in [1.82, 2.24) is 0 Å². The average Bonchev–Trinajstić information content (AvgIpc) is 2.42. The van der Waals surface area contributed by atoms with E-state index in [1.165, 1.54) is 27.8 Å². The van der Waals surface area contributed by atoms with Gasteiger partial charge in [-0.2, -0.15) is 0 Å². The number of benzene rings is 2. The lowest BCUT2D eigenvalue weighted by Crippen LogP contribution is -2.02. The molecule has 0 fully saturated rings.